The van der Waals surface area contributed by atoms with Crippen LogP contribution in [0.15, 0.2) is 59.4 Å². The number of hydrogen-bond acceptors (Lipinski definition) is 3. The Bertz CT molecular complexity index is 620. The molecule has 1 radical (unpaired) electrons. The summed E-state index contributed by atoms with van der Waals surface area (Å²) in [5.41, 5.74) is 3.59. The van der Waals surface area contributed by atoms with Crippen molar-refractivity contribution in [2.75, 3.05) is 0 Å². The average molecular weight is 252 g/mol. The van der Waals surface area contributed by atoms with Crippen molar-refractivity contribution in [3.8, 4) is 22.8 Å². The van der Waals surface area contributed by atoms with E-state index in [9.17, 15) is 0 Å². The highest BCUT2D eigenvalue weighted by molar-refractivity contribution is 7.07. The molecule has 0 fully saturated rings. The number of benzene rings is 2. The number of para-hydroxylation sites is 1. The number of thiazole rings is 1. The standard InChI is InChI=1S/C15H10NOS/c1-2-6-12(7-3-1)17-15-9-5-4-8-13(15)14-10-18-11-16-14/h1-7,9-11H. The second-order valence-corrected chi connectivity index (χ2v) is 4.42. The number of rotatable bonds is 3. The van der Waals surface area contributed by atoms with Crippen molar-refractivity contribution in [2.45, 2.75) is 0 Å². The summed E-state index contributed by atoms with van der Waals surface area (Å²) in [6.45, 7) is 0. The molecule has 0 aliphatic carbocycles. The normalized spacial score (nSPS) is 10.2. The maximum Gasteiger partial charge on any atom is 0.137 e. The van der Waals surface area contributed by atoms with Gasteiger partial charge >= 0.3 is 0 Å². The van der Waals surface area contributed by atoms with Crippen LogP contribution in [0.2, 0.25) is 0 Å². The molecule has 0 aliphatic heterocycles. The second-order valence-electron chi connectivity index (χ2n) is 3.70. The fraction of sp³-hybridized carbons (Fsp3) is 0. The topological polar surface area (TPSA) is 22.1 Å². The van der Waals surface area contributed by atoms with E-state index in [4.69, 9.17) is 4.74 Å². The predicted molar refractivity (Wildman–Crippen MR) is 72.9 cm³/mol. The van der Waals surface area contributed by atoms with E-state index in [1.807, 2.05) is 59.4 Å². The van der Waals surface area contributed by atoms with Crippen LogP contribution in [0.3, 0.4) is 0 Å². The maximum atomic E-state index is 5.87. The van der Waals surface area contributed by atoms with E-state index in [-0.39, 0.29) is 0 Å². The van der Waals surface area contributed by atoms with Crippen LogP contribution in [0.4, 0.5) is 0 Å². The molecule has 0 unspecified atom stereocenters. The van der Waals surface area contributed by atoms with E-state index in [2.05, 4.69) is 11.1 Å². The first kappa shape index (κ1) is 11.0. The van der Waals surface area contributed by atoms with Gasteiger partial charge in [-0.15, -0.1) is 11.3 Å². The molecule has 0 saturated heterocycles. The lowest BCUT2D eigenvalue weighted by atomic mass is 10.1. The van der Waals surface area contributed by atoms with Crippen molar-refractivity contribution < 1.29 is 4.74 Å². The van der Waals surface area contributed by atoms with Gasteiger partial charge in [-0.05, 0) is 24.3 Å². The van der Waals surface area contributed by atoms with Crippen molar-refractivity contribution in [2.24, 2.45) is 0 Å². The summed E-state index contributed by atoms with van der Waals surface area (Å²) < 4.78 is 5.87. The van der Waals surface area contributed by atoms with Gasteiger partial charge in [-0.25, -0.2) is 4.98 Å². The summed E-state index contributed by atoms with van der Waals surface area (Å²) in [5, 5.41) is 1.99. The van der Waals surface area contributed by atoms with E-state index in [0.717, 1.165) is 22.8 Å². The summed E-state index contributed by atoms with van der Waals surface area (Å²) in [6.07, 6.45) is 0. The summed E-state index contributed by atoms with van der Waals surface area (Å²) in [7, 11) is 0. The van der Waals surface area contributed by atoms with Crippen LogP contribution in [-0.2, 0) is 0 Å². The van der Waals surface area contributed by atoms with Crippen molar-refractivity contribution in [3.63, 3.8) is 0 Å². The highest BCUT2D eigenvalue weighted by Gasteiger charge is 2.08. The molecule has 0 spiro atoms. The zero-order valence-electron chi connectivity index (χ0n) is 9.54. The monoisotopic (exact) mass is 252 g/mol. The molecule has 18 heavy (non-hydrogen) atoms. The molecule has 3 aromatic rings. The average Bonchev–Trinajstić information content (AvgIpc) is 2.94. The van der Waals surface area contributed by atoms with Crippen LogP contribution in [-0.4, -0.2) is 4.98 Å². The van der Waals surface area contributed by atoms with Crippen LogP contribution < -0.4 is 4.74 Å². The van der Waals surface area contributed by atoms with Gasteiger partial charge in [-0.2, -0.15) is 0 Å². The molecule has 0 saturated carbocycles. The van der Waals surface area contributed by atoms with Crippen LogP contribution in [0, 0.1) is 6.07 Å². The second kappa shape index (κ2) is 5.02. The van der Waals surface area contributed by atoms with E-state index in [0.29, 0.717) is 0 Å². The molecule has 0 N–H and O–H groups in total. The molecular formula is C15H10NOS. The quantitative estimate of drug-likeness (QED) is 0.689. The fourth-order valence-electron chi connectivity index (χ4n) is 1.66. The number of ether oxygens (including phenoxy) is 1. The van der Waals surface area contributed by atoms with Gasteiger partial charge in [0.1, 0.15) is 11.5 Å². The predicted octanol–water partition coefficient (Wildman–Crippen LogP) is 4.40. The van der Waals surface area contributed by atoms with Gasteiger partial charge < -0.3 is 4.74 Å². The van der Waals surface area contributed by atoms with Crippen molar-refractivity contribution in [3.05, 3.63) is 65.5 Å². The first-order valence-electron chi connectivity index (χ1n) is 5.55. The number of aromatic nitrogens is 1. The molecule has 0 aliphatic rings. The van der Waals surface area contributed by atoms with Crippen LogP contribution >= 0.6 is 11.3 Å². The summed E-state index contributed by atoms with van der Waals surface area (Å²) >= 11 is 1.56. The highest BCUT2D eigenvalue weighted by atomic mass is 32.1. The number of nitrogens with zero attached hydrogens (tertiary/aromatic N) is 1. The zero-order valence-corrected chi connectivity index (χ0v) is 10.4. The summed E-state index contributed by atoms with van der Waals surface area (Å²) in [4.78, 5) is 4.30. The molecule has 2 aromatic carbocycles. The minimum absolute atomic E-state index is 0.773. The van der Waals surface area contributed by atoms with E-state index < -0.39 is 0 Å². The van der Waals surface area contributed by atoms with Crippen molar-refractivity contribution in [1.29, 1.82) is 0 Å². The Morgan fingerprint density at radius 3 is 2.72 bits per heavy atom. The Hall–Kier alpha value is -2.13. The largest absolute Gasteiger partial charge is 0.457 e. The summed E-state index contributed by atoms with van der Waals surface area (Å²) in [6, 6.07) is 18.6. The molecule has 3 rings (SSSR count). The van der Waals surface area contributed by atoms with Gasteiger partial charge in [-0.3, -0.25) is 0 Å². The van der Waals surface area contributed by atoms with Crippen molar-refractivity contribution >= 4 is 11.3 Å². The van der Waals surface area contributed by atoms with Gasteiger partial charge in [-0.1, -0.05) is 30.3 Å². The van der Waals surface area contributed by atoms with Crippen LogP contribution in [0.5, 0.6) is 11.5 Å². The van der Waals surface area contributed by atoms with Gasteiger partial charge in [0.05, 0.1) is 16.8 Å². The lowest BCUT2D eigenvalue weighted by Crippen LogP contribution is -1.88. The minimum Gasteiger partial charge on any atom is -0.457 e. The lowest BCUT2D eigenvalue weighted by molar-refractivity contribution is 0.484. The van der Waals surface area contributed by atoms with E-state index in [1.165, 1.54) is 0 Å². The van der Waals surface area contributed by atoms with Gasteiger partial charge in [0, 0.05) is 5.38 Å². The van der Waals surface area contributed by atoms with Gasteiger partial charge in [0.25, 0.3) is 0 Å². The Morgan fingerprint density at radius 1 is 1.06 bits per heavy atom. The molecule has 0 amide bonds. The third-order valence-electron chi connectivity index (χ3n) is 2.48. The Labute approximate surface area is 110 Å². The Balaban J connectivity index is 1.98. The molecule has 87 valence electrons. The molecule has 1 aromatic heterocycles. The minimum atomic E-state index is 0.773. The molecule has 1 heterocycles. The van der Waals surface area contributed by atoms with E-state index >= 15 is 0 Å². The highest BCUT2D eigenvalue weighted by Crippen LogP contribution is 2.32. The van der Waals surface area contributed by atoms with Gasteiger partial charge in [0.2, 0.25) is 0 Å². The van der Waals surface area contributed by atoms with E-state index in [1.54, 1.807) is 11.3 Å². The fourth-order valence-corrected chi connectivity index (χ4v) is 2.20. The van der Waals surface area contributed by atoms with Crippen molar-refractivity contribution in [1.82, 2.24) is 4.98 Å². The third-order valence-corrected chi connectivity index (χ3v) is 3.06. The Kier molecular flexibility index (Phi) is 3.07. The number of hydrogen-bond donors (Lipinski definition) is 0. The zero-order chi connectivity index (χ0) is 12.2. The molecule has 0 atom stereocenters. The van der Waals surface area contributed by atoms with Gasteiger partial charge in [0.15, 0.2) is 0 Å². The summed E-state index contributed by atoms with van der Waals surface area (Å²) in [5.74, 6) is 1.59. The first-order chi connectivity index (χ1) is 8.93. The van der Waals surface area contributed by atoms with Crippen LogP contribution in [0.25, 0.3) is 11.3 Å². The first-order valence-corrected chi connectivity index (χ1v) is 6.50. The third kappa shape index (κ3) is 2.26. The lowest BCUT2D eigenvalue weighted by Gasteiger charge is -2.08. The smallest absolute Gasteiger partial charge is 0.137 e. The SMILES string of the molecule is [c]1cccc(Oc2ccccc2)c1-c1cscn1. The molecular weight excluding hydrogens is 242 g/mol. The molecule has 2 nitrogen and oxygen atoms in total. The maximum absolute atomic E-state index is 5.87. The Morgan fingerprint density at radius 2 is 1.94 bits per heavy atom. The molecule has 3 heteroatoms. The van der Waals surface area contributed by atoms with Crippen LogP contribution in [0.1, 0.15) is 0 Å². The molecule has 0 bridgehead atoms.